The normalized spacial score (nSPS) is 18.7. The number of nitrogens with zero attached hydrogens (tertiary/aromatic N) is 3. The van der Waals surface area contributed by atoms with Crippen LogP contribution in [0.5, 0.6) is 0 Å². The predicted octanol–water partition coefficient (Wildman–Crippen LogP) is 2.33. The van der Waals surface area contributed by atoms with E-state index in [0.29, 0.717) is 12.0 Å². The van der Waals surface area contributed by atoms with E-state index >= 15 is 0 Å². The molecule has 1 saturated carbocycles. The third kappa shape index (κ3) is 5.79. The smallest absolute Gasteiger partial charge is 0.270 e. The zero-order chi connectivity index (χ0) is 20.2. The van der Waals surface area contributed by atoms with Gasteiger partial charge in [0.05, 0.1) is 9.82 Å². The molecule has 0 amide bonds. The summed E-state index contributed by atoms with van der Waals surface area (Å²) in [5.74, 6) is 0.790. The summed E-state index contributed by atoms with van der Waals surface area (Å²) < 4.78 is 27.2. The number of rotatable bonds is 6. The molecular weight excluding hydrogens is 509 g/mol. The van der Waals surface area contributed by atoms with Gasteiger partial charge in [-0.3, -0.25) is 15.1 Å². The van der Waals surface area contributed by atoms with Gasteiger partial charge < -0.3 is 10.2 Å². The fourth-order valence-electron chi connectivity index (χ4n) is 4.19. The summed E-state index contributed by atoms with van der Waals surface area (Å²) >= 11 is 0. The Morgan fingerprint density at radius 2 is 2.00 bits per heavy atom. The van der Waals surface area contributed by atoms with Crippen LogP contribution in [0.15, 0.2) is 34.2 Å². The summed E-state index contributed by atoms with van der Waals surface area (Å²) in [7, 11) is -2.07. The number of likely N-dealkylation sites (tertiary alicyclic amines) is 1. The second kappa shape index (κ2) is 10.0. The van der Waals surface area contributed by atoms with E-state index in [2.05, 4.69) is 19.9 Å². The molecule has 1 aliphatic heterocycles. The lowest BCUT2D eigenvalue weighted by molar-refractivity contribution is -0.385. The number of halogens is 1. The van der Waals surface area contributed by atoms with E-state index in [0.717, 1.165) is 25.1 Å². The van der Waals surface area contributed by atoms with Gasteiger partial charge >= 0.3 is 0 Å². The number of nitro groups is 1. The Kier molecular flexibility index (Phi) is 8.23. The average Bonchev–Trinajstić information content (AvgIpc) is 3.32. The fourth-order valence-corrected chi connectivity index (χ4v) is 5.26. The fraction of sp³-hybridized carbons (Fsp3) is 0.611. The number of non-ortho nitro benzene ring substituents is 1. The summed E-state index contributed by atoms with van der Waals surface area (Å²) in [5.41, 5.74) is 0.178. The van der Waals surface area contributed by atoms with E-state index in [1.54, 1.807) is 7.05 Å². The van der Waals surface area contributed by atoms with Crippen LogP contribution in [0.3, 0.4) is 0 Å². The molecule has 0 atom stereocenters. The van der Waals surface area contributed by atoms with Crippen molar-refractivity contribution in [3.8, 4) is 0 Å². The maximum Gasteiger partial charge on any atom is 0.270 e. The molecule has 2 fully saturated rings. The largest absolute Gasteiger partial charge is 0.355 e. The van der Waals surface area contributed by atoms with Crippen LogP contribution in [0.4, 0.5) is 5.69 Å². The highest BCUT2D eigenvalue weighted by Crippen LogP contribution is 2.45. The zero-order valence-electron chi connectivity index (χ0n) is 16.5. The van der Waals surface area contributed by atoms with Gasteiger partial charge in [-0.2, -0.15) is 0 Å². The molecule has 0 unspecified atom stereocenters. The minimum atomic E-state index is -3.81. The molecule has 0 aromatic heterocycles. The first-order valence-corrected chi connectivity index (χ1v) is 11.0. The van der Waals surface area contributed by atoms with Gasteiger partial charge in [-0.1, -0.05) is 18.9 Å². The molecule has 162 valence electrons. The molecule has 1 aromatic carbocycles. The number of hydrogen-bond acceptors (Lipinski definition) is 5. The molecule has 3 rings (SSSR count). The van der Waals surface area contributed by atoms with E-state index < -0.39 is 14.9 Å². The van der Waals surface area contributed by atoms with Crippen molar-refractivity contribution in [2.45, 2.75) is 37.0 Å². The van der Waals surface area contributed by atoms with Crippen molar-refractivity contribution in [1.82, 2.24) is 14.9 Å². The summed E-state index contributed by atoms with van der Waals surface area (Å²) in [6.07, 6.45) is 6.36. The molecular formula is C18H28IN5O4S. The van der Waals surface area contributed by atoms with Gasteiger partial charge in [0.1, 0.15) is 0 Å². The van der Waals surface area contributed by atoms with Crippen LogP contribution in [-0.4, -0.2) is 57.4 Å². The number of nitro benzene ring substituents is 1. The van der Waals surface area contributed by atoms with E-state index in [-0.39, 0.29) is 41.1 Å². The van der Waals surface area contributed by atoms with Crippen molar-refractivity contribution in [3.05, 3.63) is 34.4 Å². The van der Waals surface area contributed by atoms with Crippen LogP contribution in [0.1, 0.15) is 32.1 Å². The Labute approximate surface area is 188 Å². The molecule has 2 aliphatic rings. The Hall–Kier alpha value is -1.47. The Bertz CT molecular complexity index is 856. The molecule has 9 nitrogen and oxygen atoms in total. The molecule has 2 N–H and O–H groups in total. The van der Waals surface area contributed by atoms with Gasteiger partial charge in [-0.15, -0.1) is 24.0 Å². The molecule has 1 saturated heterocycles. The van der Waals surface area contributed by atoms with Crippen LogP contribution in [0.2, 0.25) is 0 Å². The van der Waals surface area contributed by atoms with Crippen molar-refractivity contribution in [1.29, 1.82) is 0 Å². The molecule has 1 aliphatic carbocycles. The van der Waals surface area contributed by atoms with Gasteiger partial charge in [-0.05, 0) is 30.7 Å². The van der Waals surface area contributed by atoms with Gasteiger partial charge in [-0.25, -0.2) is 13.1 Å². The number of aliphatic imine (C=N–C) groups is 1. The molecule has 1 spiro atoms. The summed E-state index contributed by atoms with van der Waals surface area (Å²) in [4.78, 5) is 16.7. The van der Waals surface area contributed by atoms with Crippen LogP contribution < -0.4 is 10.0 Å². The van der Waals surface area contributed by atoms with Crippen molar-refractivity contribution in [3.63, 3.8) is 0 Å². The Morgan fingerprint density at radius 1 is 1.28 bits per heavy atom. The third-order valence-electron chi connectivity index (χ3n) is 5.65. The van der Waals surface area contributed by atoms with E-state index in [1.165, 1.54) is 50.3 Å². The highest BCUT2D eigenvalue weighted by Gasteiger charge is 2.41. The van der Waals surface area contributed by atoms with Gasteiger partial charge in [0.25, 0.3) is 5.69 Å². The Morgan fingerprint density at radius 3 is 2.66 bits per heavy atom. The van der Waals surface area contributed by atoms with E-state index in [1.807, 2.05) is 0 Å². The third-order valence-corrected chi connectivity index (χ3v) is 7.11. The molecule has 1 heterocycles. The lowest BCUT2D eigenvalue weighted by atomic mass is 9.86. The van der Waals surface area contributed by atoms with E-state index in [9.17, 15) is 18.5 Å². The van der Waals surface area contributed by atoms with Crippen LogP contribution >= 0.6 is 24.0 Å². The molecule has 0 bridgehead atoms. The zero-order valence-corrected chi connectivity index (χ0v) is 19.6. The molecule has 11 heteroatoms. The number of hydrogen-bond donors (Lipinski definition) is 2. The van der Waals surface area contributed by atoms with Crippen LogP contribution in [0, 0.1) is 15.5 Å². The topological polar surface area (TPSA) is 117 Å². The first kappa shape index (κ1) is 23.8. The summed E-state index contributed by atoms with van der Waals surface area (Å²) in [6, 6.07) is 5.02. The minimum Gasteiger partial charge on any atom is -0.355 e. The minimum absolute atomic E-state index is 0. The number of guanidine groups is 1. The number of nitrogens with one attached hydrogen (secondary N) is 2. The Balaban J connectivity index is 0.00000300. The van der Waals surface area contributed by atoms with Crippen molar-refractivity contribution >= 4 is 45.6 Å². The summed E-state index contributed by atoms with van der Waals surface area (Å²) in [6.45, 7) is 2.51. The maximum atomic E-state index is 12.3. The van der Waals surface area contributed by atoms with Gasteiger partial charge in [0.2, 0.25) is 10.0 Å². The standard InChI is InChI=1S/C18H27N5O4S.HI/c1-19-17(22-12-9-18(14-22)7-2-3-8-18)20-10-11-21-28(26,27)16-6-4-5-15(13-16)23(24)25;/h4-6,13,21H,2-3,7-12,14H2,1H3,(H,19,20);1H. The number of benzene rings is 1. The van der Waals surface area contributed by atoms with Crippen molar-refractivity contribution < 1.29 is 13.3 Å². The SMILES string of the molecule is CN=C(NCCNS(=O)(=O)c1cccc([N+](=O)[O-])c1)N1CCC2(CCCC2)C1.I. The predicted molar refractivity (Wildman–Crippen MR) is 122 cm³/mol. The lowest BCUT2D eigenvalue weighted by Crippen LogP contribution is -2.43. The average molecular weight is 537 g/mol. The van der Waals surface area contributed by atoms with Gasteiger partial charge in [0.15, 0.2) is 5.96 Å². The summed E-state index contributed by atoms with van der Waals surface area (Å²) in [5, 5.41) is 14.0. The first-order valence-electron chi connectivity index (χ1n) is 9.55. The number of sulfonamides is 1. The van der Waals surface area contributed by atoms with Crippen molar-refractivity contribution in [2.75, 3.05) is 33.2 Å². The second-order valence-corrected chi connectivity index (χ2v) is 9.27. The molecule has 29 heavy (non-hydrogen) atoms. The maximum absolute atomic E-state index is 12.3. The van der Waals surface area contributed by atoms with E-state index in [4.69, 9.17) is 0 Å². The van der Waals surface area contributed by atoms with Crippen molar-refractivity contribution in [2.24, 2.45) is 10.4 Å². The van der Waals surface area contributed by atoms with Gasteiger partial charge in [0, 0.05) is 45.4 Å². The highest BCUT2D eigenvalue weighted by molar-refractivity contribution is 14.0. The quantitative estimate of drug-likeness (QED) is 0.144. The lowest BCUT2D eigenvalue weighted by Gasteiger charge is -2.25. The monoisotopic (exact) mass is 537 g/mol. The molecule has 1 aromatic rings. The molecule has 0 radical (unpaired) electrons. The first-order chi connectivity index (χ1) is 13.4. The second-order valence-electron chi connectivity index (χ2n) is 7.50. The van der Waals surface area contributed by atoms with Crippen LogP contribution in [-0.2, 0) is 10.0 Å². The highest BCUT2D eigenvalue weighted by atomic mass is 127. The van der Waals surface area contributed by atoms with Crippen LogP contribution in [0.25, 0.3) is 0 Å².